The summed E-state index contributed by atoms with van der Waals surface area (Å²) >= 11 is 3.30. The fourth-order valence-corrected chi connectivity index (χ4v) is 1.66. The molecule has 0 bridgehead atoms. The Balaban J connectivity index is 2.14. The Morgan fingerprint density at radius 1 is 1.38 bits per heavy atom. The molecule has 0 saturated heterocycles. The molecule has 0 aliphatic carbocycles. The van der Waals surface area contributed by atoms with E-state index in [-0.39, 0.29) is 5.69 Å². The molecule has 0 radical (unpaired) electrons. The van der Waals surface area contributed by atoms with Crippen molar-refractivity contribution in [1.29, 1.82) is 0 Å². The lowest BCUT2D eigenvalue weighted by Gasteiger charge is -2.00. The van der Waals surface area contributed by atoms with Crippen molar-refractivity contribution >= 4 is 21.6 Å². The minimum absolute atomic E-state index is 0.102. The lowest BCUT2D eigenvalue weighted by molar-refractivity contribution is -0.384. The Bertz CT molecular complexity index is 507. The summed E-state index contributed by atoms with van der Waals surface area (Å²) in [7, 11) is 0. The molecule has 1 heterocycles. The molecule has 2 rings (SSSR count). The van der Waals surface area contributed by atoms with Gasteiger partial charge in [-0.2, -0.15) is 5.10 Å². The quantitative estimate of drug-likeness (QED) is 0.642. The maximum atomic E-state index is 10.5. The molecular weight excluding hydrogens is 274 g/mol. The van der Waals surface area contributed by atoms with Crippen LogP contribution in [0.15, 0.2) is 41.1 Å². The molecule has 16 heavy (non-hydrogen) atoms. The van der Waals surface area contributed by atoms with Gasteiger partial charge in [-0.15, -0.1) is 0 Å². The SMILES string of the molecule is O=[N+]([O-])c1ccc(Cn2cc(Br)cn2)cc1. The molecule has 0 atom stereocenters. The molecule has 0 N–H and O–H groups in total. The second-order valence-electron chi connectivity index (χ2n) is 3.28. The molecule has 0 unspecified atom stereocenters. The van der Waals surface area contributed by atoms with Gasteiger partial charge in [-0.1, -0.05) is 12.1 Å². The van der Waals surface area contributed by atoms with Gasteiger partial charge in [0.15, 0.2) is 0 Å². The second kappa shape index (κ2) is 4.44. The summed E-state index contributed by atoms with van der Waals surface area (Å²) in [6.07, 6.45) is 3.55. The number of nitrogens with zero attached hydrogens (tertiary/aromatic N) is 3. The summed E-state index contributed by atoms with van der Waals surface area (Å²) in [6.45, 7) is 0.601. The number of benzene rings is 1. The van der Waals surface area contributed by atoms with E-state index in [1.54, 1.807) is 23.0 Å². The zero-order valence-corrected chi connectivity index (χ0v) is 9.79. The van der Waals surface area contributed by atoms with Crippen LogP contribution in [0.2, 0.25) is 0 Å². The predicted octanol–water partition coefficient (Wildman–Crippen LogP) is 2.60. The van der Waals surface area contributed by atoms with Crippen molar-refractivity contribution in [2.45, 2.75) is 6.54 Å². The van der Waals surface area contributed by atoms with Gasteiger partial charge in [0.2, 0.25) is 0 Å². The topological polar surface area (TPSA) is 61.0 Å². The highest BCUT2D eigenvalue weighted by atomic mass is 79.9. The second-order valence-corrected chi connectivity index (χ2v) is 4.20. The number of hydrogen-bond acceptors (Lipinski definition) is 3. The van der Waals surface area contributed by atoms with Crippen molar-refractivity contribution in [3.63, 3.8) is 0 Å². The first-order valence-electron chi connectivity index (χ1n) is 4.56. The van der Waals surface area contributed by atoms with E-state index >= 15 is 0 Å². The Kier molecular flexibility index (Phi) is 3.00. The van der Waals surface area contributed by atoms with Crippen molar-refractivity contribution in [3.8, 4) is 0 Å². The zero-order valence-electron chi connectivity index (χ0n) is 8.21. The van der Waals surface area contributed by atoms with Gasteiger partial charge in [-0.3, -0.25) is 14.8 Å². The third-order valence-corrected chi connectivity index (χ3v) is 2.50. The molecular formula is C10H8BrN3O2. The number of aromatic nitrogens is 2. The minimum atomic E-state index is -0.408. The largest absolute Gasteiger partial charge is 0.269 e. The summed E-state index contributed by atoms with van der Waals surface area (Å²) in [5.74, 6) is 0. The average molecular weight is 282 g/mol. The monoisotopic (exact) mass is 281 g/mol. The van der Waals surface area contributed by atoms with Gasteiger partial charge >= 0.3 is 0 Å². The highest BCUT2D eigenvalue weighted by molar-refractivity contribution is 9.10. The van der Waals surface area contributed by atoms with Crippen LogP contribution in [0.5, 0.6) is 0 Å². The molecule has 0 saturated carbocycles. The van der Waals surface area contributed by atoms with E-state index in [1.165, 1.54) is 12.1 Å². The molecule has 0 aliphatic heterocycles. The lowest BCUT2D eigenvalue weighted by Crippen LogP contribution is -1.99. The van der Waals surface area contributed by atoms with Crippen LogP contribution in [0.3, 0.4) is 0 Å². The van der Waals surface area contributed by atoms with Crippen LogP contribution in [-0.4, -0.2) is 14.7 Å². The molecule has 2 aromatic rings. The van der Waals surface area contributed by atoms with E-state index in [0.717, 1.165) is 10.0 Å². The fourth-order valence-electron chi connectivity index (χ4n) is 1.33. The number of nitro benzene ring substituents is 1. The lowest BCUT2D eigenvalue weighted by atomic mass is 10.2. The number of rotatable bonds is 3. The van der Waals surface area contributed by atoms with Crippen molar-refractivity contribution in [2.75, 3.05) is 0 Å². The van der Waals surface area contributed by atoms with Gasteiger partial charge in [0.25, 0.3) is 5.69 Å². The summed E-state index contributed by atoms with van der Waals surface area (Å²) in [6, 6.07) is 6.45. The maximum absolute atomic E-state index is 10.5. The molecule has 5 nitrogen and oxygen atoms in total. The first-order chi connectivity index (χ1) is 7.65. The molecule has 6 heteroatoms. The van der Waals surface area contributed by atoms with E-state index in [1.807, 2.05) is 6.20 Å². The average Bonchev–Trinajstić information content (AvgIpc) is 2.65. The van der Waals surface area contributed by atoms with E-state index < -0.39 is 4.92 Å². The Morgan fingerprint density at radius 2 is 2.06 bits per heavy atom. The number of non-ortho nitro benzene ring substituents is 1. The summed E-state index contributed by atoms with van der Waals surface area (Å²) in [5, 5.41) is 14.6. The van der Waals surface area contributed by atoms with Crippen LogP contribution in [0.25, 0.3) is 0 Å². The van der Waals surface area contributed by atoms with Crippen LogP contribution in [-0.2, 0) is 6.54 Å². The number of halogens is 1. The summed E-state index contributed by atoms with van der Waals surface area (Å²) in [5.41, 5.74) is 1.08. The third-order valence-electron chi connectivity index (χ3n) is 2.09. The van der Waals surface area contributed by atoms with Gasteiger partial charge in [0.05, 0.1) is 22.1 Å². The van der Waals surface area contributed by atoms with Gasteiger partial charge < -0.3 is 0 Å². The molecule has 0 aliphatic rings. The van der Waals surface area contributed by atoms with Crippen molar-refractivity contribution < 1.29 is 4.92 Å². The van der Waals surface area contributed by atoms with Crippen LogP contribution in [0.1, 0.15) is 5.56 Å². The van der Waals surface area contributed by atoms with Crippen LogP contribution in [0.4, 0.5) is 5.69 Å². The minimum Gasteiger partial charge on any atom is -0.267 e. The molecule has 1 aromatic carbocycles. The van der Waals surface area contributed by atoms with Gasteiger partial charge in [0, 0.05) is 18.3 Å². The first kappa shape index (κ1) is 10.8. The summed E-state index contributed by atoms with van der Waals surface area (Å²) < 4.78 is 2.67. The van der Waals surface area contributed by atoms with Gasteiger partial charge in [-0.25, -0.2) is 0 Å². The van der Waals surface area contributed by atoms with Crippen LogP contribution in [0, 0.1) is 10.1 Å². The fraction of sp³-hybridized carbons (Fsp3) is 0.100. The van der Waals surface area contributed by atoms with Crippen molar-refractivity contribution in [1.82, 2.24) is 9.78 Å². The highest BCUT2D eigenvalue weighted by Gasteiger charge is 2.04. The number of hydrogen-bond donors (Lipinski definition) is 0. The van der Waals surface area contributed by atoms with E-state index in [9.17, 15) is 10.1 Å². The van der Waals surface area contributed by atoms with E-state index in [0.29, 0.717) is 6.54 Å². The van der Waals surface area contributed by atoms with Gasteiger partial charge in [-0.05, 0) is 21.5 Å². The predicted molar refractivity (Wildman–Crippen MR) is 62.1 cm³/mol. The zero-order chi connectivity index (χ0) is 11.5. The Morgan fingerprint density at radius 3 is 2.56 bits per heavy atom. The maximum Gasteiger partial charge on any atom is 0.269 e. The smallest absolute Gasteiger partial charge is 0.267 e. The Hall–Kier alpha value is -1.69. The first-order valence-corrected chi connectivity index (χ1v) is 5.36. The molecule has 82 valence electrons. The third kappa shape index (κ3) is 2.46. The van der Waals surface area contributed by atoms with Crippen molar-refractivity contribution in [2.24, 2.45) is 0 Å². The normalized spacial score (nSPS) is 10.3. The highest BCUT2D eigenvalue weighted by Crippen LogP contribution is 2.13. The Labute approximate surface area is 100.0 Å². The van der Waals surface area contributed by atoms with Crippen molar-refractivity contribution in [3.05, 3.63) is 56.8 Å². The number of nitro groups is 1. The van der Waals surface area contributed by atoms with Crippen LogP contribution >= 0.6 is 15.9 Å². The molecule has 0 spiro atoms. The van der Waals surface area contributed by atoms with E-state index in [2.05, 4.69) is 21.0 Å². The molecule has 1 aromatic heterocycles. The molecule has 0 amide bonds. The van der Waals surface area contributed by atoms with Crippen LogP contribution < -0.4 is 0 Å². The molecule has 0 fully saturated rings. The summed E-state index contributed by atoms with van der Waals surface area (Å²) in [4.78, 5) is 10.0. The van der Waals surface area contributed by atoms with Gasteiger partial charge in [0.1, 0.15) is 0 Å². The van der Waals surface area contributed by atoms with E-state index in [4.69, 9.17) is 0 Å². The standard InChI is InChI=1S/C10H8BrN3O2/c11-9-5-12-13(7-9)6-8-1-3-10(4-2-8)14(15)16/h1-5,7H,6H2.